The molecule has 1 fully saturated rings. The van der Waals surface area contributed by atoms with Crippen LogP contribution in [0.3, 0.4) is 0 Å². The zero-order valence-electron chi connectivity index (χ0n) is 16.8. The molecule has 1 aromatic heterocycles. The zero-order valence-corrected chi connectivity index (χ0v) is 17.5. The first-order valence-electron chi connectivity index (χ1n) is 9.85. The summed E-state index contributed by atoms with van der Waals surface area (Å²) in [7, 11) is 0. The fraction of sp³-hybridized carbons (Fsp3) is 0.227. The fourth-order valence-electron chi connectivity index (χ4n) is 3.10. The number of benzene rings is 2. The summed E-state index contributed by atoms with van der Waals surface area (Å²) in [6.45, 7) is 0. The number of nitrogens with zero attached hydrogens (tertiary/aromatic N) is 4. The second-order valence-corrected chi connectivity index (χ2v) is 7.91. The Morgan fingerprint density at radius 1 is 1.22 bits per heavy atom. The number of rotatable bonds is 7. The van der Waals surface area contributed by atoms with Crippen molar-refractivity contribution in [2.24, 2.45) is 0 Å². The highest BCUT2D eigenvalue weighted by molar-refractivity contribution is 6.31. The Bertz CT molecular complexity index is 1200. The molecule has 32 heavy (non-hydrogen) atoms. The highest BCUT2D eigenvalue weighted by Gasteiger charge is 2.45. The van der Waals surface area contributed by atoms with E-state index in [2.05, 4.69) is 26.9 Å². The zero-order chi connectivity index (χ0) is 22.7. The van der Waals surface area contributed by atoms with Crippen molar-refractivity contribution in [2.75, 3.05) is 0 Å². The molecule has 1 aliphatic carbocycles. The van der Waals surface area contributed by atoms with Gasteiger partial charge in [0, 0.05) is 11.4 Å². The first-order valence-corrected chi connectivity index (χ1v) is 10.2. The van der Waals surface area contributed by atoms with E-state index in [9.17, 15) is 19.2 Å². The molecule has 0 saturated heterocycles. The minimum Gasteiger partial charge on any atom is -0.338 e. The van der Waals surface area contributed by atoms with E-state index >= 15 is 0 Å². The van der Waals surface area contributed by atoms with E-state index in [4.69, 9.17) is 11.6 Å². The van der Waals surface area contributed by atoms with Gasteiger partial charge in [0.15, 0.2) is 5.69 Å². The van der Waals surface area contributed by atoms with E-state index in [-0.39, 0.29) is 12.1 Å². The predicted molar refractivity (Wildman–Crippen MR) is 113 cm³/mol. The van der Waals surface area contributed by atoms with Crippen LogP contribution in [-0.2, 0) is 11.2 Å². The maximum Gasteiger partial charge on any atom is 0.274 e. The molecule has 4 rings (SSSR count). The van der Waals surface area contributed by atoms with Crippen LogP contribution in [0.25, 0.3) is 5.69 Å². The largest absolute Gasteiger partial charge is 0.338 e. The third-order valence-corrected chi connectivity index (χ3v) is 5.48. The van der Waals surface area contributed by atoms with Crippen molar-refractivity contribution in [3.63, 3.8) is 0 Å². The summed E-state index contributed by atoms with van der Waals surface area (Å²) < 4.78 is 13.1. The summed E-state index contributed by atoms with van der Waals surface area (Å²) in [5.74, 6) is -1.51. The predicted octanol–water partition coefficient (Wildman–Crippen LogP) is 2.57. The van der Waals surface area contributed by atoms with Crippen LogP contribution in [0.1, 0.15) is 28.9 Å². The molecule has 0 spiro atoms. The molecule has 0 unspecified atom stereocenters. The van der Waals surface area contributed by atoms with Gasteiger partial charge in [-0.1, -0.05) is 29.8 Å². The lowest BCUT2D eigenvalue weighted by Crippen LogP contribution is -2.51. The van der Waals surface area contributed by atoms with Crippen molar-refractivity contribution < 1.29 is 14.0 Å². The quantitative estimate of drug-likeness (QED) is 0.572. The Morgan fingerprint density at radius 2 is 1.94 bits per heavy atom. The van der Waals surface area contributed by atoms with E-state index in [1.54, 1.807) is 24.3 Å². The van der Waals surface area contributed by atoms with Crippen molar-refractivity contribution in [2.45, 2.75) is 30.8 Å². The van der Waals surface area contributed by atoms with Gasteiger partial charge in [0.05, 0.1) is 18.0 Å². The van der Waals surface area contributed by atoms with Crippen molar-refractivity contribution in [3.05, 3.63) is 76.8 Å². The Morgan fingerprint density at radius 3 is 2.59 bits per heavy atom. The molecule has 2 N–H and O–H groups in total. The average Bonchev–Trinajstić information content (AvgIpc) is 3.38. The van der Waals surface area contributed by atoms with Crippen molar-refractivity contribution in [1.82, 2.24) is 25.6 Å². The molecule has 1 saturated carbocycles. The third kappa shape index (κ3) is 4.76. The SMILES string of the molecule is N#CC1(NC(=O)[C@H](Cc2ccccc2Cl)NC(=O)c2cnn(-c3ccc(F)cc3)n2)CC1. The molecular formula is C22H18ClFN6O2. The number of amides is 2. The highest BCUT2D eigenvalue weighted by Crippen LogP contribution is 2.34. The molecule has 3 aromatic rings. The summed E-state index contributed by atoms with van der Waals surface area (Å²) in [5.41, 5.74) is 0.242. The third-order valence-electron chi connectivity index (χ3n) is 5.11. The lowest BCUT2D eigenvalue weighted by atomic mass is 10.0. The van der Waals surface area contributed by atoms with Crippen LogP contribution in [0, 0.1) is 17.1 Å². The Kier molecular flexibility index (Phi) is 5.88. The summed E-state index contributed by atoms with van der Waals surface area (Å²) in [6, 6.07) is 13.6. The molecule has 2 amide bonds. The van der Waals surface area contributed by atoms with Crippen LogP contribution in [0.5, 0.6) is 0 Å². The summed E-state index contributed by atoms with van der Waals surface area (Å²) in [6.07, 6.45) is 2.51. The Labute approximate surface area is 188 Å². The van der Waals surface area contributed by atoms with Gasteiger partial charge in [-0.3, -0.25) is 9.59 Å². The first kappa shape index (κ1) is 21.5. The number of nitrogens with one attached hydrogen (secondary N) is 2. The number of nitriles is 1. The van der Waals surface area contributed by atoms with E-state index in [1.807, 2.05) is 0 Å². The van der Waals surface area contributed by atoms with E-state index in [0.29, 0.717) is 29.1 Å². The number of hydrogen-bond acceptors (Lipinski definition) is 5. The van der Waals surface area contributed by atoms with Crippen LogP contribution in [0.2, 0.25) is 5.02 Å². The van der Waals surface area contributed by atoms with Crippen LogP contribution in [-0.4, -0.2) is 38.4 Å². The Hall–Kier alpha value is -3.77. The van der Waals surface area contributed by atoms with E-state index in [0.717, 1.165) is 0 Å². The van der Waals surface area contributed by atoms with Gasteiger partial charge in [0.25, 0.3) is 5.91 Å². The van der Waals surface area contributed by atoms with Gasteiger partial charge in [-0.25, -0.2) is 4.39 Å². The van der Waals surface area contributed by atoms with Crippen molar-refractivity contribution in [1.29, 1.82) is 5.26 Å². The smallest absolute Gasteiger partial charge is 0.274 e. The normalized spacial score (nSPS) is 14.8. The molecular weight excluding hydrogens is 435 g/mol. The molecule has 0 radical (unpaired) electrons. The molecule has 10 heteroatoms. The van der Waals surface area contributed by atoms with Gasteiger partial charge in [0.2, 0.25) is 5.91 Å². The fourth-order valence-corrected chi connectivity index (χ4v) is 3.32. The van der Waals surface area contributed by atoms with Crippen LogP contribution in [0.4, 0.5) is 4.39 Å². The summed E-state index contributed by atoms with van der Waals surface area (Å²) in [5, 5.41) is 23.3. The van der Waals surface area contributed by atoms with E-state index in [1.165, 1.54) is 35.3 Å². The second-order valence-electron chi connectivity index (χ2n) is 7.50. The summed E-state index contributed by atoms with van der Waals surface area (Å²) in [4.78, 5) is 26.9. The number of carbonyl (C=O) groups excluding carboxylic acids is 2. The van der Waals surface area contributed by atoms with Gasteiger partial charge in [-0.15, -0.1) is 5.10 Å². The van der Waals surface area contributed by atoms with Gasteiger partial charge in [-0.2, -0.15) is 15.2 Å². The molecule has 2 aromatic carbocycles. The minimum atomic E-state index is -0.982. The maximum atomic E-state index is 13.1. The van der Waals surface area contributed by atoms with Gasteiger partial charge in [-0.05, 0) is 48.7 Å². The minimum absolute atomic E-state index is 0.0206. The number of carbonyl (C=O) groups is 2. The van der Waals surface area contributed by atoms with E-state index < -0.39 is 29.2 Å². The van der Waals surface area contributed by atoms with Crippen LogP contribution < -0.4 is 10.6 Å². The van der Waals surface area contributed by atoms with Gasteiger partial charge < -0.3 is 10.6 Å². The molecule has 162 valence electrons. The molecule has 1 aliphatic rings. The molecule has 1 heterocycles. The van der Waals surface area contributed by atoms with Crippen LogP contribution in [0.15, 0.2) is 54.7 Å². The van der Waals surface area contributed by atoms with Gasteiger partial charge in [0.1, 0.15) is 17.4 Å². The standard InChI is InChI=1S/C22H18ClFN6O2/c23-17-4-2-1-3-14(17)11-18(21(32)28-22(13-25)9-10-22)27-20(31)19-12-26-30(29-19)16-7-5-15(24)6-8-16/h1-8,12,18H,9-11H2,(H,27,31)(H,28,32)/t18-/m0/s1. The number of aromatic nitrogens is 3. The molecule has 0 bridgehead atoms. The lowest BCUT2D eigenvalue weighted by molar-refractivity contribution is -0.123. The molecule has 1 atom stereocenters. The average molecular weight is 453 g/mol. The summed E-state index contributed by atoms with van der Waals surface area (Å²) >= 11 is 6.23. The maximum absolute atomic E-state index is 13.1. The van der Waals surface area contributed by atoms with Crippen LogP contribution >= 0.6 is 11.6 Å². The lowest BCUT2D eigenvalue weighted by Gasteiger charge is -2.20. The van der Waals surface area contributed by atoms with Crippen molar-refractivity contribution in [3.8, 4) is 11.8 Å². The van der Waals surface area contributed by atoms with Crippen molar-refractivity contribution >= 4 is 23.4 Å². The number of halogens is 2. The molecule has 0 aliphatic heterocycles. The highest BCUT2D eigenvalue weighted by atomic mass is 35.5. The second kappa shape index (κ2) is 8.77. The van der Waals surface area contributed by atoms with Gasteiger partial charge >= 0.3 is 0 Å². The first-order chi connectivity index (χ1) is 15.4. The monoisotopic (exact) mass is 452 g/mol. The molecule has 8 nitrogen and oxygen atoms in total. The number of hydrogen-bond donors (Lipinski definition) is 2. The topological polar surface area (TPSA) is 113 Å². The Balaban J connectivity index is 1.53.